The van der Waals surface area contributed by atoms with E-state index in [1.165, 1.54) is 24.8 Å². The van der Waals surface area contributed by atoms with Crippen molar-refractivity contribution in [3.8, 4) is 0 Å². The zero-order valence-corrected chi connectivity index (χ0v) is 18.7. The molecule has 1 amide bonds. The van der Waals surface area contributed by atoms with Gasteiger partial charge < -0.3 is 5.32 Å². The van der Waals surface area contributed by atoms with Crippen LogP contribution in [0.3, 0.4) is 0 Å². The van der Waals surface area contributed by atoms with Crippen LogP contribution in [0.4, 0.5) is 5.69 Å². The molecule has 0 heterocycles. The smallest absolute Gasteiger partial charge is 0.241 e. The second kappa shape index (κ2) is 9.47. The maximum atomic E-state index is 13.3. The third kappa shape index (κ3) is 5.30. The number of anilines is 1. The van der Waals surface area contributed by atoms with Crippen molar-refractivity contribution in [3.63, 3.8) is 0 Å². The quantitative estimate of drug-likeness (QED) is 0.520. The number of carbonyl (C=O) groups excluding carboxylic acids is 1. The Hall–Kier alpha value is -2.61. The van der Waals surface area contributed by atoms with E-state index in [2.05, 4.69) is 10.0 Å². The molecule has 0 bridgehead atoms. The van der Waals surface area contributed by atoms with E-state index < -0.39 is 16.1 Å². The maximum Gasteiger partial charge on any atom is 0.241 e. The van der Waals surface area contributed by atoms with Crippen LogP contribution in [0.25, 0.3) is 0 Å². The number of rotatable bonds is 7. The number of aryl methyl sites for hydroxylation is 1. The van der Waals surface area contributed by atoms with E-state index in [0.717, 1.165) is 21.6 Å². The molecule has 0 aliphatic carbocycles. The zero-order chi connectivity index (χ0) is 21.7. The Kier molecular flexibility index (Phi) is 6.97. The number of sulfonamides is 1. The summed E-state index contributed by atoms with van der Waals surface area (Å²) in [5.41, 5.74) is 3.22. The zero-order valence-electron chi connectivity index (χ0n) is 17.0. The highest BCUT2D eigenvalue weighted by molar-refractivity contribution is 7.98. The van der Waals surface area contributed by atoms with Gasteiger partial charge in [0.1, 0.15) is 0 Å². The van der Waals surface area contributed by atoms with E-state index in [0.29, 0.717) is 5.69 Å². The largest absolute Gasteiger partial charge is 0.325 e. The second-order valence-corrected chi connectivity index (χ2v) is 9.48. The van der Waals surface area contributed by atoms with E-state index in [-0.39, 0.29) is 10.8 Å². The third-order valence-corrected chi connectivity index (χ3v) is 6.79. The fraction of sp³-hybridized carbons (Fsp3) is 0.174. The molecular weight excluding hydrogens is 416 g/mol. The fourth-order valence-electron chi connectivity index (χ4n) is 3.19. The molecule has 0 aromatic heterocycles. The summed E-state index contributed by atoms with van der Waals surface area (Å²) in [6, 6.07) is 21.4. The molecule has 156 valence electrons. The Morgan fingerprint density at radius 3 is 2.27 bits per heavy atom. The summed E-state index contributed by atoms with van der Waals surface area (Å²) in [7, 11) is -3.86. The summed E-state index contributed by atoms with van der Waals surface area (Å²) >= 11 is 1.44. The second-order valence-electron chi connectivity index (χ2n) is 6.92. The van der Waals surface area contributed by atoms with Crippen molar-refractivity contribution >= 4 is 33.4 Å². The number of nitrogens with one attached hydrogen (secondary N) is 2. The van der Waals surface area contributed by atoms with Crippen LogP contribution in [0, 0.1) is 6.92 Å². The lowest BCUT2D eigenvalue weighted by Crippen LogP contribution is -2.29. The van der Waals surface area contributed by atoms with Crippen LogP contribution in [-0.4, -0.2) is 20.6 Å². The molecule has 30 heavy (non-hydrogen) atoms. The molecular formula is C23H24N2O3S2. The molecule has 0 radical (unpaired) electrons. The molecule has 3 aromatic carbocycles. The average Bonchev–Trinajstić information content (AvgIpc) is 2.72. The number of hydrogen-bond donors (Lipinski definition) is 2. The standard InChI is InChI=1S/C23H24N2O3S2/c1-16-8-7-11-19(14-16)23(18-9-5-4-6-10-18)25-30(27,28)20-12-13-22(29-3)21(15-20)24-17(2)26/h4-15,23,25H,1-3H3,(H,24,26)/t23-/m1/s1. The minimum absolute atomic E-state index is 0.0950. The molecule has 0 saturated heterocycles. The van der Waals surface area contributed by atoms with Gasteiger partial charge in [0.2, 0.25) is 15.9 Å². The highest BCUT2D eigenvalue weighted by Crippen LogP contribution is 2.30. The lowest BCUT2D eigenvalue weighted by Gasteiger charge is -2.21. The molecule has 1 atom stereocenters. The van der Waals surface area contributed by atoms with Crippen LogP contribution in [0.1, 0.15) is 29.7 Å². The first-order chi connectivity index (χ1) is 14.3. The van der Waals surface area contributed by atoms with Gasteiger partial charge in [0.25, 0.3) is 0 Å². The average molecular weight is 441 g/mol. The molecule has 5 nitrogen and oxygen atoms in total. The van der Waals surface area contributed by atoms with E-state index >= 15 is 0 Å². The van der Waals surface area contributed by atoms with E-state index in [1.807, 2.05) is 67.8 Å². The van der Waals surface area contributed by atoms with E-state index in [9.17, 15) is 13.2 Å². The van der Waals surface area contributed by atoms with Gasteiger partial charge in [-0.15, -0.1) is 11.8 Å². The summed E-state index contributed by atoms with van der Waals surface area (Å²) in [5, 5.41) is 2.71. The van der Waals surface area contributed by atoms with E-state index in [1.54, 1.807) is 12.1 Å². The number of thioether (sulfide) groups is 1. The predicted molar refractivity (Wildman–Crippen MR) is 122 cm³/mol. The minimum atomic E-state index is -3.86. The van der Waals surface area contributed by atoms with E-state index in [4.69, 9.17) is 0 Å². The van der Waals surface area contributed by atoms with Crippen molar-refractivity contribution < 1.29 is 13.2 Å². The lowest BCUT2D eigenvalue weighted by atomic mass is 9.98. The Morgan fingerprint density at radius 1 is 0.933 bits per heavy atom. The molecule has 0 aliphatic rings. The molecule has 3 aromatic rings. The molecule has 0 aliphatic heterocycles. The van der Waals surface area contributed by atoms with Gasteiger partial charge in [0.05, 0.1) is 16.6 Å². The molecule has 7 heteroatoms. The Balaban J connectivity index is 2.03. The Bertz CT molecular complexity index is 1150. The van der Waals surface area contributed by atoms with Gasteiger partial charge in [-0.2, -0.15) is 4.72 Å². The van der Waals surface area contributed by atoms with Gasteiger partial charge in [0.15, 0.2) is 0 Å². The third-order valence-electron chi connectivity index (χ3n) is 4.57. The van der Waals surface area contributed by atoms with Crippen molar-refractivity contribution in [1.82, 2.24) is 4.72 Å². The summed E-state index contributed by atoms with van der Waals surface area (Å²) in [5.74, 6) is -0.255. The van der Waals surface area contributed by atoms with Crippen LogP contribution >= 0.6 is 11.8 Å². The first-order valence-electron chi connectivity index (χ1n) is 9.39. The number of amides is 1. The number of hydrogen-bond acceptors (Lipinski definition) is 4. The summed E-state index contributed by atoms with van der Waals surface area (Å²) in [4.78, 5) is 12.4. The van der Waals surface area contributed by atoms with Gasteiger partial charge in [-0.05, 0) is 42.5 Å². The SMILES string of the molecule is CSc1ccc(S(=O)(=O)N[C@H](c2ccccc2)c2cccc(C)c2)cc1NC(C)=O. The molecule has 0 fully saturated rings. The van der Waals surface area contributed by atoms with Gasteiger partial charge in [-0.3, -0.25) is 4.79 Å². The number of benzene rings is 3. The predicted octanol–water partition coefficient (Wildman–Crippen LogP) is 4.74. The Labute approximate surface area is 182 Å². The summed E-state index contributed by atoms with van der Waals surface area (Å²) < 4.78 is 29.4. The van der Waals surface area contributed by atoms with Crippen molar-refractivity contribution in [2.45, 2.75) is 29.7 Å². The highest BCUT2D eigenvalue weighted by atomic mass is 32.2. The molecule has 0 unspecified atom stereocenters. The minimum Gasteiger partial charge on any atom is -0.325 e. The topological polar surface area (TPSA) is 75.3 Å². The fourth-order valence-corrected chi connectivity index (χ4v) is 4.96. The molecule has 2 N–H and O–H groups in total. The van der Waals surface area contributed by atoms with Crippen LogP contribution in [0.5, 0.6) is 0 Å². The molecule has 0 saturated carbocycles. The lowest BCUT2D eigenvalue weighted by molar-refractivity contribution is -0.114. The first kappa shape index (κ1) is 22.1. The van der Waals surface area contributed by atoms with Crippen molar-refractivity contribution in [2.75, 3.05) is 11.6 Å². The molecule has 0 spiro atoms. The van der Waals surface area contributed by atoms with Gasteiger partial charge in [0, 0.05) is 11.8 Å². The normalized spacial score (nSPS) is 12.4. The van der Waals surface area contributed by atoms with Crippen LogP contribution in [0.2, 0.25) is 0 Å². The van der Waals surface area contributed by atoms with Gasteiger partial charge in [-0.1, -0.05) is 60.2 Å². The van der Waals surface area contributed by atoms with Gasteiger partial charge in [-0.25, -0.2) is 8.42 Å². The van der Waals surface area contributed by atoms with Crippen molar-refractivity contribution in [3.05, 3.63) is 89.5 Å². The summed E-state index contributed by atoms with van der Waals surface area (Å²) in [6.07, 6.45) is 1.87. The van der Waals surface area contributed by atoms with Crippen LogP contribution in [-0.2, 0) is 14.8 Å². The number of carbonyl (C=O) groups is 1. The van der Waals surface area contributed by atoms with Gasteiger partial charge >= 0.3 is 0 Å². The van der Waals surface area contributed by atoms with Crippen LogP contribution < -0.4 is 10.0 Å². The monoisotopic (exact) mass is 440 g/mol. The highest BCUT2D eigenvalue weighted by Gasteiger charge is 2.24. The summed E-state index contributed by atoms with van der Waals surface area (Å²) in [6.45, 7) is 3.37. The first-order valence-corrected chi connectivity index (χ1v) is 12.1. The van der Waals surface area contributed by atoms with Crippen LogP contribution in [0.15, 0.2) is 82.6 Å². The Morgan fingerprint density at radius 2 is 1.63 bits per heavy atom. The maximum absolute atomic E-state index is 13.3. The van der Waals surface area contributed by atoms with Crippen molar-refractivity contribution in [1.29, 1.82) is 0 Å². The molecule has 3 rings (SSSR count). The van der Waals surface area contributed by atoms with Crippen molar-refractivity contribution in [2.24, 2.45) is 0 Å².